The highest BCUT2D eigenvalue weighted by Crippen LogP contribution is 2.14. The van der Waals surface area contributed by atoms with Crippen LogP contribution in [0.15, 0.2) is 30.3 Å². The first kappa shape index (κ1) is 12.5. The van der Waals surface area contributed by atoms with Gasteiger partial charge in [0.25, 0.3) is 0 Å². The third-order valence-electron chi connectivity index (χ3n) is 2.57. The SMILES string of the molecule is C#CC(I)[N+](C)(C)CCc1ccccc1. The zero-order valence-electron chi connectivity index (χ0n) is 9.28. The van der Waals surface area contributed by atoms with Gasteiger partial charge in [-0.15, -0.1) is 6.42 Å². The number of rotatable bonds is 4. The summed E-state index contributed by atoms with van der Waals surface area (Å²) in [6.07, 6.45) is 6.53. The van der Waals surface area contributed by atoms with E-state index < -0.39 is 0 Å². The standard InChI is InChI=1S/C13H17IN/c1-4-13(14)15(2,3)11-10-12-8-6-5-7-9-12/h1,5-9,13H,10-11H2,2-3H3/q+1. The van der Waals surface area contributed by atoms with Crippen LogP contribution in [0.2, 0.25) is 0 Å². The van der Waals surface area contributed by atoms with Crippen LogP contribution in [0.4, 0.5) is 0 Å². The molecule has 1 rings (SSSR count). The Morgan fingerprint density at radius 1 is 1.33 bits per heavy atom. The third kappa shape index (κ3) is 3.84. The molecule has 1 atom stereocenters. The number of hydrogen-bond acceptors (Lipinski definition) is 0. The van der Waals surface area contributed by atoms with Crippen LogP contribution >= 0.6 is 22.6 Å². The molecule has 1 aromatic carbocycles. The van der Waals surface area contributed by atoms with Crippen LogP contribution < -0.4 is 0 Å². The van der Waals surface area contributed by atoms with Crippen molar-refractivity contribution in [3.8, 4) is 12.3 Å². The summed E-state index contributed by atoms with van der Waals surface area (Å²) in [4.78, 5) is 0. The Morgan fingerprint density at radius 3 is 2.47 bits per heavy atom. The minimum Gasteiger partial charge on any atom is -0.307 e. The summed E-state index contributed by atoms with van der Waals surface area (Å²) in [5.74, 6) is 2.80. The number of quaternary nitrogens is 1. The summed E-state index contributed by atoms with van der Waals surface area (Å²) >= 11 is 2.33. The Balaban J connectivity index is 2.54. The van der Waals surface area contributed by atoms with Crippen molar-refractivity contribution in [2.45, 2.75) is 10.5 Å². The number of nitrogens with zero attached hydrogens (tertiary/aromatic N) is 1. The Kier molecular flexibility index (Phi) is 4.62. The topological polar surface area (TPSA) is 0 Å². The minimum absolute atomic E-state index is 0.242. The van der Waals surface area contributed by atoms with E-state index in [1.54, 1.807) is 0 Å². The van der Waals surface area contributed by atoms with Crippen molar-refractivity contribution in [1.82, 2.24) is 0 Å². The predicted molar refractivity (Wildman–Crippen MR) is 73.8 cm³/mol. The van der Waals surface area contributed by atoms with Gasteiger partial charge >= 0.3 is 0 Å². The van der Waals surface area contributed by atoms with Crippen molar-refractivity contribution in [2.24, 2.45) is 0 Å². The molecule has 0 aromatic heterocycles. The lowest BCUT2D eigenvalue weighted by Crippen LogP contribution is -2.46. The Morgan fingerprint density at radius 2 is 1.93 bits per heavy atom. The molecule has 15 heavy (non-hydrogen) atoms. The molecule has 0 saturated carbocycles. The minimum atomic E-state index is 0.242. The van der Waals surface area contributed by atoms with Crippen molar-refractivity contribution in [1.29, 1.82) is 0 Å². The average molecular weight is 314 g/mol. The van der Waals surface area contributed by atoms with Crippen molar-refractivity contribution < 1.29 is 4.48 Å². The van der Waals surface area contributed by atoms with Crippen LogP contribution in [-0.2, 0) is 6.42 Å². The summed E-state index contributed by atoms with van der Waals surface area (Å²) in [5.41, 5.74) is 1.38. The molecule has 0 aliphatic carbocycles. The van der Waals surface area contributed by atoms with Gasteiger partial charge in [0.15, 0.2) is 4.05 Å². The van der Waals surface area contributed by atoms with E-state index >= 15 is 0 Å². The number of terminal acetylenes is 1. The van der Waals surface area contributed by atoms with E-state index in [2.05, 4.69) is 66.9 Å². The number of benzene rings is 1. The fourth-order valence-electron chi connectivity index (χ4n) is 1.38. The summed E-state index contributed by atoms with van der Waals surface area (Å²) in [5, 5.41) is 0. The second-order valence-corrected chi connectivity index (χ2v) is 5.42. The first-order valence-electron chi connectivity index (χ1n) is 5.03. The Hall–Kier alpha value is -0.530. The van der Waals surface area contributed by atoms with Crippen LogP contribution in [0.5, 0.6) is 0 Å². The van der Waals surface area contributed by atoms with Gasteiger partial charge < -0.3 is 4.48 Å². The van der Waals surface area contributed by atoms with Gasteiger partial charge in [-0.3, -0.25) is 0 Å². The van der Waals surface area contributed by atoms with Crippen molar-refractivity contribution >= 4 is 22.6 Å². The fraction of sp³-hybridized carbons (Fsp3) is 0.385. The number of alkyl halides is 1. The van der Waals surface area contributed by atoms with Gasteiger partial charge in [0.05, 0.1) is 20.6 Å². The highest BCUT2D eigenvalue weighted by molar-refractivity contribution is 14.1. The van der Waals surface area contributed by atoms with Crippen LogP contribution in [0, 0.1) is 12.3 Å². The second kappa shape index (κ2) is 5.53. The molecule has 0 fully saturated rings. The van der Waals surface area contributed by atoms with Gasteiger partial charge in [0, 0.05) is 29.0 Å². The Bertz CT molecular complexity index is 337. The second-order valence-electron chi connectivity index (χ2n) is 4.24. The lowest BCUT2D eigenvalue weighted by atomic mass is 10.1. The highest BCUT2D eigenvalue weighted by Gasteiger charge is 2.22. The van der Waals surface area contributed by atoms with E-state index in [-0.39, 0.29) is 4.05 Å². The molecule has 0 radical (unpaired) electrons. The number of halogens is 1. The summed E-state index contributed by atoms with van der Waals surface area (Å²) in [6, 6.07) is 10.5. The summed E-state index contributed by atoms with van der Waals surface area (Å²) < 4.78 is 1.11. The van der Waals surface area contributed by atoms with E-state index in [0.29, 0.717) is 0 Å². The molecule has 80 valence electrons. The molecule has 0 spiro atoms. The van der Waals surface area contributed by atoms with Gasteiger partial charge in [-0.25, -0.2) is 0 Å². The predicted octanol–water partition coefficient (Wildman–Crippen LogP) is 2.70. The van der Waals surface area contributed by atoms with E-state index in [1.165, 1.54) is 5.56 Å². The zero-order valence-corrected chi connectivity index (χ0v) is 11.4. The van der Waals surface area contributed by atoms with Gasteiger partial charge in [-0.05, 0) is 11.5 Å². The maximum atomic E-state index is 5.45. The molecule has 0 saturated heterocycles. The molecule has 0 N–H and O–H groups in total. The molecular formula is C13H17IN+. The summed E-state index contributed by atoms with van der Waals surface area (Å²) in [6.45, 7) is 1.07. The fourth-order valence-corrected chi connectivity index (χ4v) is 1.66. The molecule has 1 unspecified atom stereocenters. The van der Waals surface area contributed by atoms with Gasteiger partial charge in [-0.1, -0.05) is 30.3 Å². The molecule has 0 heterocycles. The smallest absolute Gasteiger partial charge is 0.200 e. The lowest BCUT2D eigenvalue weighted by molar-refractivity contribution is -0.888. The number of hydrogen-bond donors (Lipinski definition) is 0. The zero-order chi connectivity index (χ0) is 11.3. The van der Waals surface area contributed by atoms with Gasteiger partial charge in [0.2, 0.25) is 0 Å². The molecular weight excluding hydrogens is 297 g/mol. The largest absolute Gasteiger partial charge is 0.307 e. The maximum absolute atomic E-state index is 5.45. The first-order chi connectivity index (χ1) is 7.06. The van der Waals surface area contributed by atoms with Crippen molar-refractivity contribution in [3.05, 3.63) is 35.9 Å². The quantitative estimate of drug-likeness (QED) is 0.264. The molecule has 2 heteroatoms. The van der Waals surface area contributed by atoms with E-state index in [1.807, 2.05) is 6.07 Å². The normalized spacial score (nSPS) is 13.2. The van der Waals surface area contributed by atoms with Crippen LogP contribution in [0.3, 0.4) is 0 Å². The molecule has 0 amide bonds. The van der Waals surface area contributed by atoms with Gasteiger partial charge in [-0.2, -0.15) is 0 Å². The summed E-state index contributed by atoms with van der Waals surface area (Å²) in [7, 11) is 4.36. The third-order valence-corrected chi connectivity index (χ3v) is 4.44. The highest BCUT2D eigenvalue weighted by atomic mass is 127. The monoisotopic (exact) mass is 314 g/mol. The van der Waals surface area contributed by atoms with Crippen LogP contribution in [0.25, 0.3) is 0 Å². The number of likely N-dealkylation sites (N-methyl/N-ethyl adjacent to an activating group) is 1. The van der Waals surface area contributed by atoms with Crippen LogP contribution in [0.1, 0.15) is 5.56 Å². The first-order valence-corrected chi connectivity index (χ1v) is 6.27. The van der Waals surface area contributed by atoms with Crippen LogP contribution in [-0.4, -0.2) is 29.2 Å². The maximum Gasteiger partial charge on any atom is 0.200 e. The molecule has 1 nitrogen and oxygen atoms in total. The molecule has 0 bridgehead atoms. The lowest BCUT2D eigenvalue weighted by Gasteiger charge is -2.32. The van der Waals surface area contributed by atoms with E-state index in [9.17, 15) is 0 Å². The molecule has 1 aromatic rings. The van der Waals surface area contributed by atoms with E-state index in [4.69, 9.17) is 6.42 Å². The molecule has 0 aliphatic rings. The average Bonchev–Trinajstić information content (AvgIpc) is 2.27. The van der Waals surface area contributed by atoms with E-state index in [0.717, 1.165) is 17.4 Å². The molecule has 0 aliphatic heterocycles. The van der Waals surface area contributed by atoms with Crippen molar-refractivity contribution in [2.75, 3.05) is 20.6 Å². The van der Waals surface area contributed by atoms with Crippen molar-refractivity contribution in [3.63, 3.8) is 0 Å². The van der Waals surface area contributed by atoms with Gasteiger partial charge in [0.1, 0.15) is 0 Å². The Labute approximate surface area is 106 Å².